The molecule has 2 N–H and O–H groups in total. The quantitative estimate of drug-likeness (QED) is 0.440. The van der Waals surface area contributed by atoms with Crippen LogP contribution in [0.4, 0.5) is 0 Å². The molecule has 0 bridgehead atoms. The Balaban J connectivity index is 2.33. The number of oxime groups is 1. The molecule has 118 valence electrons. The molecule has 3 rings (SSSR count). The van der Waals surface area contributed by atoms with Crippen LogP contribution >= 0.6 is 0 Å². The highest BCUT2D eigenvalue weighted by atomic mass is 16.5. The first-order valence-corrected chi connectivity index (χ1v) is 7.00. The molecule has 2 aromatic heterocycles. The third-order valence-corrected chi connectivity index (χ3v) is 3.70. The van der Waals surface area contributed by atoms with Gasteiger partial charge in [-0.2, -0.15) is 5.10 Å². The maximum Gasteiger partial charge on any atom is 0.141 e. The molecule has 7 nitrogen and oxygen atoms in total. The van der Waals surface area contributed by atoms with Crippen LogP contribution in [0, 0.1) is 13.8 Å². The predicted octanol–water partition coefficient (Wildman–Crippen LogP) is 2.87. The topological polar surface area (TPSA) is 96.7 Å². The van der Waals surface area contributed by atoms with Gasteiger partial charge in [0.15, 0.2) is 0 Å². The van der Waals surface area contributed by atoms with Crippen molar-refractivity contribution in [3.05, 3.63) is 41.4 Å². The molecule has 0 saturated carbocycles. The molecule has 7 heteroatoms. The fraction of sp³-hybridized carbons (Fsp3) is 0.188. The van der Waals surface area contributed by atoms with Crippen molar-refractivity contribution in [1.82, 2.24) is 14.9 Å². The first-order valence-electron chi connectivity index (χ1n) is 7.00. The van der Waals surface area contributed by atoms with E-state index in [9.17, 15) is 5.11 Å². The molecule has 3 aromatic rings. The van der Waals surface area contributed by atoms with Gasteiger partial charge in [-0.3, -0.25) is 4.68 Å². The van der Waals surface area contributed by atoms with Gasteiger partial charge in [-0.1, -0.05) is 10.3 Å². The number of phenols is 1. The van der Waals surface area contributed by atoms with Crippen LogP contribution in [0.15, 0.2) is 33.9 Å². The highest BCUT2D eigenvalue weighted by Crippen LogP contribution is 2.37. The average molecular weight is 312 g/mol. The Morgan fingerprint density at radius 1 is 1.17 bits per heavy atom. The van der Waals surface area contributed by atoms with E-state index in [1.165, 1.54) is 6.21 Å². The van der Waals surface area contributed by atoms with Crippen molar-refractivity contribution in [2.75, 3.05) is 0 Å². The second-order valence-electron chi connectivity index (χ2n) is 5.22. The van der Waals surface area contributed by atoms with E-state index in [-0.39, 0.29) is 5.75 Å². The lowest BCUT2D eigenvalue weighted by molar-refractivity contribution is 0.321. The lowest BCUT2D eigenvalue weighted by Crippen LogP contribution is -1.98. The number of hydrogen-bond donors (Lipinski definition) is 2. The molecular weight excluding hydrogens is 296 g/mol. The number of aromatic nitrogens is 3. The smallest absolute Gasteiger partial charge is 0.141 e. The Morgan fingerprint density at radius 3 is 2.43 bits per heavy atom. The first-order chi connectivity index (χ1) is 11.0. The van der Waals surface area contributed by atoms with Gasteiger partial charge >= 0.3 is 0 Å². The van der Waals surface area contributed by atoms with E-state index in [4.69, 9.17) is 9.73 Å². The molecule has 0 atom stereocenters. The van der Waals surface area contributed by atoms with Crippen LogP contribution < -0.4 is 0 Å². The van der Waals surface area contributed by atoms with E-state index < -0.39 is 0 Å². The number of nitrogens with zero attached hydrogens (tertiary/aromatic N) is 4. The summed E-state index contributed by atoms with van der Waals surface area (Å²) in [7, 11) is 1.77. The third kappa shape index (κ3) is 2.46. The van der Waals surface area contributed by atoms with Crippen LogP contribution in [0.1, 0.15) is 17.1 Å². The molecule has 0 saturated heterocycles. The van der Waals surface area contributed by atoms with Crippen molar-refractivity contribution in [3.8, 4) is 28.1 Å². The molecule has 0 radical (unpaired) electrons. The molecule has 0 spiro atoms. The maximum atomic E-state index is 9.48. The summed E-state index contributed by atoms with van der Waals surface area (Å²) in [6, 6.07) is 6.75. The second-order valence-corrected chi connectivity index (χ2v) is 5.22. The molecule has 0 aliphatic carbocycles. The predicted molar refractivity (Wildman–Crippen MR) is 84.7 cm³/mol. The number of aromatic hydroxyl groups is 1. The molecule has 0 aliphatic heterocycles. The van der Waals surface area contributed by atoms with Gasteiger partial charge in [0.1, 0.15) is 17.2 Å². The fourth-order valence-electron chi connectivity index (χ4n) is 2.65. The molecular formula is C16H16N4O3. The maximum absolute atomic E-state index is 9.48. The molecule has 0 aliphatic rings. The van der Waals surface area contributed by atoms with Crippen LogP contribution in [0.25, 0.3) is 22.4 Å². The van der Waals surface area contributed by atoms with Gasteiger partial charge in [0.05, 0.1) is 23.2 Å². The van der Waals surface area contributed by atoms with Crippen LogP contribution in [0.3, 0.4) is 0 Å². The Morgan fingerprint density at radius 2 is 1.87 bits per heavy atom. The average Bonchev–Trinajstić information content (AvgIpc) is 3.01. The molecule has 23 heavy (non-hydrogen) atoms. The van der Waals surface area contributed by atoms with Crippen molar-refractivity contribution >= 4 is 6.21 Å². The zero-order valence-corrected chi connectivity index (χ0v) is 13.0. The van der Waals surface area contributed by atoms with Crippen LogP contribution in [0.2, 0.25) is 0 Å². The molecule has 0 fully saturated rings. The summed E-state index contributed by atoms with van der Waals surface area (Å²) >= 11 is 0. The van der Waals surface area contributed by atoms with E-state index in [0.29, 0.717) is 17.1 Å². The summed E-state index contributed by atoms with van der Waals surface area (Å²) in [6.45, 7) is 3.67. The zero-order chi connectivity index (χ0) is 16.6. The molecule has 1 aromatic carbocycles. The Bertz CT molecular complexity index is 856. The van der Waals surface area contributed by atoms with Crippen molar-refractivity contribution in [3.63, 3.8) is 0 Å². The Labute approximate surface area is 132 Å². The van der Waals surface area contributed by atoms with Gasteiger partial charge in [-0.15, -0.1) is 0 Å². The summed E-state index contributed by atoms with van der Waals surface area (Å²) < 4.78 is 6.90. The lowest BCUT2D eigenvalue weighted by atomic mass is 9.98. The minimum Gasteiger partial charge on any atom is -0.508 e. The van der Waals surface area contributed by atoms with E-state index in [1.807, 2.05) is 13.8 Å². The first kappa shape index (κ1) is 14.8. The zero-order valence-electron chi connectivity index (χ0n) is 13.0. The van der Waals surface area contributed by atoms with Crippen molar-refractivity contribution in [2.24, 2.45) is 12.2 Å². The van der Waals surface area contributed by atoms with Gasteiger partial charge in [0.25, 0.3) is 0 Å². The minimum absolute atomic E-state index is 0.181. The summed E-state index contributed by atoms with van der Waals surface area (Å²) in [6.07, 6.45) is 1.33. The molecule has 0 unspecified atom stereocenters. The van der Waals surface area contributed by atoms with Crippen molar-refractivity contribution < 1.29 is 14.8 Å². The number of rotatable bonds is 3. The van der Waals surface area contributed by atoms with Crippen LogP contribution in [0.5, 0.6) is 5.75 Å². The van der Waals surface area contributed by atoms with Gasteiger partial charge < -0.3 is 14.8 Å². The lowest BCUT2D eigenvalue weighted by Gasteiger charge is -2.04. The van der Waals surface area contributed by atoms with Gasteiger partial charge in [-0.05, 0) is 38.1 Å². The highest BCUT2D eigenvalue weighted by Gasteiger charge is 2.24. The van der Waals surface area contributed by atoms with E-state index in [0.717, 1.165) is 22.4 Å². The standard InChI is InChI=1S/C16H16N4O3/c1-9-14(10(2)23-19-9)15-13(8-17-22)20(3)18-16(15)11-4-6-12(21)7-5-11/h4-8,21-22H,1-3H3/b17-8-. The Hall–Kier alpha value is -3.09. The van der Waals surface area contributed by atoms with E-state index >= 15 is 0 Å². The second kappa shape index (κ2) is 5.60. The van der Waals surface area contributed by atoms with Crippen LogP contribution in [-0.4, -0.2) is 31.5 Å². The minimum atomic E-state index is 0.181. The third-order valence-electron chi connectivity index (χ3n) is 3.70. The number of phenolic OH excluding ortho intramolecular Hbond substituents is 1. The van der Waals surface area contributed by atoms with Crippen LogP contribution in [-0.2, 0) is 7.05 Å². The molecule has 2 heterocycles. The fourth-order valence-corrected chi connectivity index (χ4v) is 2.65. The van der Waals surface area contributed by atoms with E-state index in [2.05, 4.69) is 15.4 Å². The van der Waals surface area contributed by atoms with Crippen molar-refractivity contribution in [1.29, 1.82) is 0 Å². The largest absolute Gasteiger partial charge is 0.508 e. The molecule has 0 amide bonds. The monoisotopic (exact) mass is 312 g/mol. The van der Waals surface area contributed by atoms with Gasteiger partial charge in [0.2, 0.25) is 0 Å². The summed E-state index contributed by atoms with van der Waals surface area (Å²) in [4.78, 5) is 0. The van der Waals surface area contributed by atoms with Gasteiger partial charge in [-0.25, -0.2) is 0 Å². The number of aryl methyl sites for hydroxylation is 3. The van der Waals surface area contributed by atoms with Gasteiger partial charge in [0, 0.05) is 18.2 Å². The Kier molecular flexibility index (Phi) is 3.61. The number of hydrogen-bond acceptors (Lipinski definition) is 6. The summed E-state index contributed by atoms with van der Waals surface area (Å²) in [5.41, 5.74) is 4.46. The highest BCUT2D eigenvalue weighted by molar-refractivity contribution is 5.96. The van der Waals surface area contributed by atoms with E-state index in [1.54, 1.807) is 36.0 Å². The summed E-state index contributed by atoms with van der Waals surface area (Å²) in [5, 5.41) is 30.1. The summed E-state index contributed by atoms with van der Waals surface area (Å²) in [5.74, 6) is 0.837. The normalized spacial score (nSPS) is 11.4. The number of benzene rings is 1. The van der Waals surface area contributed by atoms with Crippen molar-refractivity contribution in [2.45, 2.75) is 13.8 Å². The SMILES string of the molecule is Cc1noc(C)c1-c1c(-c2ccc(O)cc2)nn(C)c1/C=N\O.